The first-order valence-corrected chi connectivity index (χ1v) is 10.3. The Morgan fingerprint density at radius 3 is 1.25 bits per heavy atom. The molecule has 1 saturated heterocycles. The summed E-state index contributed by atoms with van der Waals surface area (Å²) in [5, 5.41) is 12.7. The van der Waals surface area contributed by atoms with Crippen LogP contribution in [0.1, 0.15) is 20.3 Å². The van der Waals surface area contributed by atoms with Crippen LogP contribution in [-0.2, 0) is 19.0 Å². The van der Waals surface area contributed by atoms with Gasteiger partial charge in [0.1, 0.15) is 0 Å². The van der Waals surface area contributed by atoms with Crippen LogP contribution in [0, 0.1) is 0 Å². The van der Waals surface area contributed by atoms with E-state index in [0.29, 0.717) is 20.4 Å². The minimum Gasteiger partial charge on any atom is -0.481 e. The van der Waals surface area contributed by atoms with E-state index in [4.69, 9.17) is 9.90 Å². The van der Waals surface area contributed by atoms with Crippen LogP contribution in [-0.4, -0.2) is 63.6 Å². The summed E-state index contributed by atoms with van der Waals surface area (Å²) in [6, 6.07) is 21.4. The summed E-state index contributed by atoms with van der Waals surface area (Å²) < 4.78 is 15.0. The Morgan fingerprint density at radius 1 is 0.812 bits per heavy atom. The Bertz CT molecular complexity index is 787. The third-order valence-corrected chi connectivity index (χ3v) is 4.01. The van der Waals surface area contributed by atoms with Gasteiger partial charge < -0.3 is 23.8 Å². The molecule has 1 heterocycles. The number of halogens is 1. The first kappa shape index (κ1) is 30.0. The van der Waals surface area contributed by atoms with E-state index in [0.717, 1.165) is 11.4 Å². The molecule has 6 nitrogen and oxygen atoms in total. The van der Waals surface area contributed by atoms with Crippen molar-refractivity contribution in [2.24, 2.45) is 0 Å². The molecule has 0 bridgehead atoms. The third-order valence-electron chi connectivity index (χ3n) is 4.01. The third kappa shape index (κ3) is 14.1. The molecular formula is C25H37BrNO5+. The number of fused-ring (bicyclic) bond motifs is 2. The van der Waals surface area contributed by atoms with Crippen LogP contribution in [0.5, 0.6) is 0 Å². The molecular weight excluding hydrogens is 474 g/mol. The number of carboxylic acids is 1. The molecule has 3 aromatic carbocycles. The smallest absolute Gasteiger partial charge is 0.300 e. The molecule has 32 heavy (non-hydrogen) atoms. The van der Waals surface area contributed by atoms with Crippen LogP contribution in [0.25, 0.3) is 21.5 Å². The lowest BCUT2D eigenvalue weighted by molar-refractivity contribution is -0.870. The molecule has 1 fully saturated rings. The first-order valence-electron chi connectivity index (χ1n) is 10.3. The minimum absolute atomic E-state index is 0. The number of ether oxygens (including phenoxy) is 3. The summed E-state index contributed by atoms with van der Waals surface area (Å²) in [6.07, 6.45) is 1.28. The van der Waals surface area contributed by atoms with Crippen molar-refractivity contribution in [2.45, 2.75) is 20.3 Å². The molecule has 7 heteroatoms. The fraction of sp³-hybridized carbons (Fsp3) is 0.400. The Balaban J connectivity index is 0.000000455. The maximum Gasteiger partial charge on any atom is 0.300 e. The quantitative estimate of drug-likeness (QED) is 0.354. The lowest BCUT2D eigenvalue weighted by Gasteiger charge is -2.22. The van der Waals surface area contributed by atoms with E-state index < -0.39 is 5.97 Å². The van der Waals surface area contributed by atoms with Crippen LogP contribution in [0.3, 0.4) is 0 Å². The van der Waals surface area contributed by atoms with Crippen molar-refractivity contribution < 1.29 is 28.6 Å². The summed E-state index contributed by atoms with van der Waals surface area (Å²) >= 11 is 0. The first-order chi connectivity index (χ1) is 14.7. The number of aliphatic carboxylic acids is 1. The van der Waals surface area contributed by atoms with E-state index in [-0.39, 0.29) is 17.0 Å². The molecule has 3 aromatic rings. The van der Waals surface area contributed by atoms with E-state index in [9.17, 15) is 0 Å². The zero-order valence-electron chi connectivity index (χ0n) is 19.7. The van der Waals surface area contributed by atoms with Gasteiger partial charge >= 0.3 is 0 Å². The highest BCUT2D eigenvalue weighted by Gasteiger charge is 2.01. The van der Waals surface area contributed by atoms with E-state index in [2.05, 4.69) is 103 Å². The maximum absolute atomic E-state index is 9.00. The van der Waals surface area contributed by atoms with Gasteiger partial charge in [-0.25, -0.2) is 0 Å². The fourth-order valence-corrected chi connectivity index (χ4v) is 2.83. The second-order valence-electron chi connectivity index (χ2n) is 8.05. The predicted molar refractivity (Wildman–Crippen MR) is 136 cm³/mol. The molecule has 1 aliphatic rings. The standard InChI is InChI=1S/C14H10.C6H16N.C3H6O3.C2H4O2.BrH/c1-2-6-12-10-14-8-4-3-7-13(14)9-11(12)5-1;1-5-6-7(2,3)4;1-4-2-6-3-5-1;1-2(3)4;/h1-10H;5-6H2,1-4H3;1-3H2;1H3,(H,3,4);1H/q;+1;;;. The highest BCUT2D eigenvalue weighted by atomic mass is 79.9. The highest BCUT2D eigenvalue weighted by Crippen LogP contribution is 2.22. The van der Waals surface area contributed by atoms with E-state index in [1.807, 2.05) is 0 Å². The monoisotopic (exact) mass is 510 g/mol. The molecule has 0 amide bonds. The Labute approximate surface area is 202 Å². The molecule has 0 saturated carbocycles. The molecule has 0 spiro atoms. The number of quaternary nitrogens is 1. The molecule has 0 atom stereocenters. The summed E-state index contributed by atoms with van der Waals surface area (Å²) in [6.45, 7) is 5.70. The number of rotatable bonds is 2. The Morgan fingerprint density at radius 2 is 1.09 bits per heavy atom. The molecule has 0 unspecified atom stereocenters. The minimum atomic E-state index is -0.833. The molecule has 178 valence electrons. The second kappa shape index (κ2) is 16.6. The summed E-state index contributed by atoms with van der Waals surface area (Å²) in [5.74, 6) is -0.833. The number of carboxylic acid groups (broad SMARTS) is 1. The van der Waals surface area contributed by atoms with Crippen molar-refractivity contribution >= 4 is 44.5 Å². The van der Waals surface area contributed by atoms with Crippen LogP contribution in [0.2, 0.25) is 0 Å². The van der Waals surface area contributed by atoms with Gasteiger partial charge in [-0.1, -0.05) is 55.5 Å². The van der Waals surface area contributed by atoms with Crippen molar-refractivity contribution in [3.63, 3.8) is 0 Å². The molecule has 1 aliphatic heterocycles. The zero-order chi connectivity index (χ0) is 23.1. The molecule has 0 aliphatic carbocycles. The topological polar surface area (TPSA) is 65.0 Å². The van der Waals surface area contributed by atoms with Gasteiger partial charge in [-0.2, -0.15) is 0 Å². The van der Waals surface area contributed by atoms with Crippen molar-refractivity contribution in [2.75, 3.05) is 48.1 Å². The number of nitrogens with zero attached hydrogens (tertiary/aromatic N) is 1. The average Bonchev–Trinajstić information content (AvgIpc) is 2.73. The Hall–Kier alpha value is -2.03. The molecule has 4 rings (SSSR count). The van der Waals surface area contributed by atoms with Crippen molar-refractivity contribution in [1.29, 1.82) is 0 Å². The van der Waals surface area contributed by atoms with E-state index >= 15 is 0 Å². The van der Waals surface area contributed by atoms with Crippen LogP contribution < -0.4 is 0 Å². The van der Waals surface area contributed by atoms with Crippen LogP contribution >= 0.6 is 17.0 Å². The van der Waals surface area contributed by atoms with Gasteiger partial charge in [0.05, 0.1) is 27.7 Å². The summed E-state index contributed by atoms with van der Waals surface area (Å²) in [5.41, 5.74) is 0. The van der Waals surface area contributed by atoms with Gasteiger partial charge in [0.25, 0.3) is 5.97 Å². The van der Waals surface area contributed by atoms with Gasteiger partial charge in [0.15, 0.2) is 20.4 Å². The maximum atomic E-state index is 9.00. The Kier molecular flexibility index (Phi) is 15.5. The van der Waals surface area contributed by atoms with Gasteiger partial charge in [0, 0.05) is 6.92 Å². The van der Waals surface area contributed by atoms with Gasteiger partial charge in [-0.05, 0) is 40.1 Å². The zero-order valence-corrected chi connectivity index (χ0v) is 21.5. The molecule has 0 radical (unpaired) electrons. The average molecular weight is 511 g/mol. The normalized spacial score (nSPS) is 12.7. The van der Waals surface area contributed by atoms with Gasteiger partial charge in [0.2, 0.25) is 0 Å². The largest absolute Gasteiger partial charge is 0.481 e. The summed E-state index contributed by atoms with van der Waals surface area (Å²) in [4.78, 5) is 9.00. The van der Waals surface area contributed by atoms with Gasteiger partial charge in [-0.3, -0.25) is 4.79 Å². The number of carbonyl (C=O) groups is 1. The lowest BCUT2D eigenvalue weighted by atomic mass is 10.0. The van der Waals surface area contributed by atoms with E-state index in [1.54, 1.807) is 0 Å². The van der Waals surface area contributed by atoms with Gasteiger partial charge in [-0.15, -0.1) is 17.0 Å². The van der Waals surface area contributed by atoms with Crippen molar-refractivity contribution in [3.05, 3.63) is 60.7 Å². The predicted octanol–water partition coefficient (Wildman–Crippen LogP) is 5.69. The molecule has 1 N–H and O–H groups in total. The number of benzene rings is 3. The number of hydrogen-bond donors (Lipinski definition) is 1. The molecule has 0 aromatic heterocycles. The van der Waals surface area contributed by atoms with Crippen LogP contribution in [0.15, 0.2) is 60.7 Å². The number of hydrogen-bond acceptors (Lipinski definition) is 4. The van der Waals surface area contributed by atoms with Crippen LogP contribution in [0.4, 0.5) is 0 Å². The van der Waals surface area contributed by atoms with Crippen molar-refractivity contribution in [1.82, 2.24) is 0 Å². The fourth-order valence-electron chi connectivity index (χ4n) is 2.83. The second-order valence-corrected chi connectivity index (χ2v) is 8.05. The highest BCUT2D eigenvalue weighted by molar-refractivity contribution is 8.93. The lowest BCUT2D eigenvalue weighted by Crippen LogP contribution is -2.34. The summed E-state index contributed by atoms with van der Waals surface area (Å²) in [7, 11) is 6.64. The SMILES string of the molecule is Br.C1OCOCO1.CC(=O)O.CCC[N+](C)(C)C.c1ccc2cc3ccccc3cc2c1. The van der Waals surface area contributed by atoms with Crippen molar-refractivity contribution in [3.8, 4) is 0 Å². The van der Waals surface area contributed by atoms with E-state index in [1.165, 1.54) is 34.5 Å².